The Bertz CT molecular complexity index is 84.1. The Morgan fingerprint density at radius 1 is 1.88 bits per heavy atom. The van der Waals surface area contributed by atoms with Crippen LogP contribution in [0.3, 0.4) is 0 Å². The summed E-state index contributed by atoms with van der Waals surface area (Å²) in [6, 6.07) is 0. The van der Waals surface area contributed by atoms with Crippen molar-refractivity contribution in [2.45, 2.75) is 6.42 Å². The zero-order valence-corrected chi connectivity index (χ0v) is 5.48. The van der Waals surface area contributed by atoms with E-state index in [0.717, 1.165) is 4.42 Å². The number of carbonyl (C=O) groups is 1. The van der Waals surface area contributed by atoms with Gasteiger partial charge in [0.2, 0.25) is 5.91 Å². The van der Waals surface area contributed by atoms with Crippen LogP contribution >= 0.6 is 11.8 Å². The van der Waals surface area contributed by atoms with Gasteiger partial charge in [0.1, 0.15) is 0 Å². The molecule has 0 saturated carbocycles. The minimum Gasteiger partial charge on any atom is -0.330 e. The van der Waals surface area contributed by atoms with Gasteiger partial charge in [0, 0.05) is 31.8 Å². The second-order valence-corrected chi connectivity index (χ2v) is 1.92. The number of carbonyl (C=O) groups excluding carboxylic acids is 1. The number of rotatable bonds is 2. The van der Waals surface area contributed by atoms with Crippen molar-refractivity contribution in [3.05, 3.63) is 0 Å². The van der Waals surface area contributed by atoms with Crippen molar-refractivity contribution in [3.63, 3.8) is 0 Å². The zero-order valence-electron chi connectivity index (χ0n) is 4.72. The highest BCUT2D eigenvalue weighted by molar-refractivity contribution is 6.20. The average molecular weight is 137 g/mol. The van der Waals surface area contributed by atoms with E-state index in [9.17, 15) is 4.79 Å². The van der Waals surface area contributed by atoms with Gasteiger partial charge in [-0.25, -0.2) is 0 Å². The summed E-state index contributed by atoms with van der Waals surface area (Å²) >= 11 is 5.24. The first-order valence-corrected chi connectivity index (χ1v) is 2.64. The predicted molar refractivity (Wildman–Crippen MR) is 32.3 cm³/mol. The molecule has 0 unspecified atom stereocenters. The van der Waals surface area contributed by atoms with Crippen LogP contribution in [-0.4, -0.2) is 23.9 Å². The van der Waals surface area contributed by atoms with E-state index in [4.69, 9.17) is 17.5 Å². The monoisotopic (exact) mass is 136 g/mol. The van der Waals surface area contributed by atoms with Crippen LogP contribution in [0.25, 0.3) is 0 Å². The molecule has 0 aromatic carbocycles. The van der Waals surface area contributed by atoms with E-state index < -0.39 is 0 Å². The largest absolute Gasteiger partial charge is 0.330 e. The van der Waals surface area contributed by atoms with Crippen molar-refractivity contribution < 1.29 is 4.79 Å². The Morgan fingerprint density at radius 3 is 2.50 bits per heavy atom. The number of amides is 1. The third-order valence-corrected chi connectivity index (χ3v) is 0.890. The molecule has 0 spiro atoms. The maximum absolute atomic E-state index is 10.5. The number of nitrogens with two attached hydrogens (primary N) is 1. The van der Waals surface area contributed by atoms with E-state index in [1.807, 2.05) is 0 Å². The highest BCUT2D eigenvalue weighted by Crippen LogP contribution is 1.90. The van der Waals surface area contributed by atoms with Crippen LogP contribution in [0.2, 0.25) is 0 Å². The molecule has 0 bridgehead atoms. The van der Waals surface area contributed by atoms with Crippen molar-refractivity contribution in [2.24, 2.45) is 5.73 Å². The predicted octanol–water partition coefficient (Wildman–Crippen LogP) is -0.0526. The lowest BCUT2D eigenvalue weighted by atomic mass is 10.4. The Hall–Kier alpha value is -0.280. The second kappa shape index (κ2) is 3.69. The molecule has 2 N–H and O–H groups in total. The molecule has 3 nitrogen and oxygen atoms in total. The summed E-state index contributed by atoms with van der Waals surface area (Å²) in [4.78, 5) is 10.5. The fourth-order valence-electron chi connectivity index (χ4n) is 0.278. The first-order valence-electron chi connectivity index (χ1n) is 2.31. The molecule has 0 saturated heterocycles. The van der Waals surface area contributed by atoms with E-state index in [1.54, 1.807) is 0 Å². The first-order chi connectivity index (χ1) is 3.68. The van der Waals surface area contributed by atoms with Gasteiger partial charge in [0.15, 0.2) is 0 Å². The number of hydrogen-bond donors (Lipinski definition) is 1. The van der Waals surface area contributed by atoms with Crippen molar-refractivity contribution in [3.8, 4) is 0 Å². The molecule has 0 heterocycles. The van der Waals surface area contributed by atoms with Gasteiger partial charge >= 0.3 is 0 Å². The average Bonchev–Trinajstić information content (AvgIpc) is 1.67. The zero-order chi connectivity index (χ0) is 6.57. The van der Waals surface area contributed by atoms with Gasteiger partial charge in [0.25, 0.3) is 0 Å². The Labute approximate surface area is 53.5 Å². The quantitative estimate of drug-likeness (QED) is 0.541. The fourth-order valence-corrected chi connectivity index (χ4v) is 0.362. The van der Waals surface area contributed by atoms with Crippen LogP contribution < -0.4 is 5.73 Å². The second-order valence-electron chi connectivity index (χ2n) is 1.41. The lowest BCUT2D eigenvalue weighted by molar-refractivity contribution is -0.125. The Morgan fingerprint density at radius 2 is 2.38 bits per heavy atom. The summed E-state index contributed by atoms with van der Waals surface area (Å²) in [5.41, 5.74) is 5.06. The molecular formula is C4H9ClN2O. The van der Waals surface area contributed by atoms with Crippen LogP contribution in [-0.2, 0) is 4.79 Å². The molecule has 0 rings (SSSR count). The SMILES string of the molecule is CN(Cl)C(=O)CCN. The van der Waals surface area contributed by atoms with Crippen LogP contribution in [0.5, 0.6) is 0 Å². The molecule has 0 aliphatic heterocycles. The molecule has 48 valence electrons. The molecule has 1 amide bonds. The van der Waals surface area contributed by atoms with Crippen LogP contribution in [0.4, 0.5) is 0 Å². The summed E-state index contributed by atoms with van der Waals surface area (Å²) in [7, 11) is 1.49. The van der Waals surface area contributed by atoms with E-state index in [0.29, 0.717) is 13.0 Å². The van der Waals surface area contributed by atoms with Crippen molar-refractivity contribution in [1.29, 1.82) is 0 Å². The summed E-state index contributed by atoms with van der Waals surface area (Å²) < 4.78 is 1.01. The minimum atomic E-state index is -0.144. The molecule has 0 aromatic heterocycles. The number of halogens is 1. The third-order valence-electron chi connectivity index (χ3n) is 0.702. The van der Waals surface area contributed by atoms with Gasteiger partial charge in [-0.2, -0.15) is 0 Å². The molecule has 0 atom stereocenters. The van der Waals surface area contributed by atoms with Gasteiger partial charge in [-0.1, -0.05) is 0 Å². The molecule has 0 aromatic rings. The molecule has 8 heavy (non-hydrogen) atoms. The first kappa shape index (κ1) is 7.72. The molecule has 0 aliphatic rings. The van der Waals surface area contributed by atoms with Crippen molar-refractivity contribution in [1.82, 2.24) is 4.42 Å². The van der Waals surface area contributed by atoms with Gasteiger partial charge in [-0.3, -0.25) is 9.21 Å². The van der Waals surface area contributed by atoms with Gasteiger partial charge < -0.3 is 5.73 Å². The summed E-state index contributed by atoms with van der Waals surface area (Å²) in [5.74, 6) is -0.144. The third kappa shape index (κ3) is 2.82. The number of hydrogen-bond acceptors (Lipinski definition) is 2. The smallest absolute Gasteiger partial charge is 0.237 e. The molecular weight excluding hydrogens is 128 g/mol. The molecule has 0 aliphatic carbocycles. The Kier molecular flexibility index (Phi) is 3.56. The fraction of sp³-hybridized carbons (Fsp3) is 0.750. The van der Waals surface area contributed by atoms with Gasteiger partial charge in [0.05, 0.1) is 0 Å². The van der Waals surface area contributed by atoms with Crippen molar-refractivity contribution in [2.75, 3.05) is 13.6 Å². The van der Waals surface area contributed by atoms with E-state index in [2.05, 4.69) is 0 Å². The van der Waals surface area contributed by atoms with Crippen LogP contribution in [0.15, 0.2) is 0 Å². The highest BCUT2D eigenvalue weighted by atomic mass is 35.5. The topological polar surface area (TPSA) is 46.3 Å². The highest BCUT2D eigenvalue weighted by Gasteiger charge is 2.01. The van der Waals surface area contributed by atoms with Crippen LogP contribution in [0, 0.1) is 0 Å². The standard InChI is InChI=1S/C4H9ClN2O/c1-7(5)4(8)2-3-6/h2-3,6H2,1H3. The lowest BCUT2D eigenvalue weighted by Gasteiger charge is -2.03. The number of nitrogens with zero attached hydrogens (tertiary/aromatic N) is 1. The summed E-state index contributed by atoms with van der Waals surface area (Å²) in [5, 5.41) is 0. The van der Waals surface area contributed by atoms with Gasteiger partial charge in [-0.05, 0) is 0 Å². The van der Waals surface area contributed by atoms with E-state index in [-0.39, 0.29) is 5.91 Å². The summed E-state index contributed by atoms with van der Waals surface area (Å²) in [6.45, 7) is 0.357. The maximum Gasteiger partial charge on any atom is 0.237 e. The lowest BCUT2D eigenvalue weighted by Crippen LogP contribution is -2.19. The normalized spacial score (nSPS) is 8.88. The molecule has 4 heteroatoms. The van der Waals surface area contributed by atoms with Crippen LogP contribution in [0.1, 0.15) is 6.42 Å². The Balaban J connectivity index is 3.33. The summed E-state index contributed by atoms with van der Waals surface area (Å²) in [6.07, 6.45) is 0.319. The van der Waals surface area contributed by atoms with E-state index >= 15 is 0 Å². The van der Waals surface area contributed by atoms with Gasteiger partial charge in [-0.15, -0.1) is 0 Å². The molecule has 0 radical (unpaired) electrons. The van der Waals surface area contributed by atoms with Crippen molar-refractivity contribution >= 4 is 17.7 Å². The van der Waals surface area contributed by atoms with E-state index in [1.165, 1.54) is 7.05 Å². The maximum atomic E-state index is 10.5. The molecule has 0 fully saturated rings. The minimum absolute atomic E-state index is 0.144.